The van der Waals surface area contributed by atoms with Crippen molar-refractivity contribution in [1.82, 2.24) is 10.3 Å². The van der Waals surface area contributed by atoms with Crippen LogP contribution >= 0.6 is 12.2 Å². The fourth-order valence-electron chi connectivity index (χ4n) is 3.20. The molecule has 1 aromatic carbocycles. The Morgan fingerprint density at radius 3 is 2.80 bits per heavy atom. The first-order chi connectivity index (χ1) is 12.1. The molecule has 1 aliphatic heterocycles. The number of ether oxygens (including phenoxy) is 1. The lowest BCUT2D eigenvalue weighted by Crippen LogP contribution is -2.32. The van der Waals surface area contributed by atoms with Gasteiger partial charge < -0.3 is 15.4 Å². The van der Waals surface area contributed by atoms with Gasteiger partial charge in [0.15, 0.2) is 16.7 Å². The zero-order valence-corrected chi connectivity index (χ0v) is 13.6. The molecule has 2 N–H and O–H groups in total. The fourth-order valence-corrected chi connectivity index (χ4v) is 3.44. The predicted molar refractivity (Wildman–Crippen MR) is 90.2 cm³/mol. The second-order valence-corrected chi connectivity index (χ2v) is 6.35. The molecule has 5 nitrogen and oxygen atoms in total. The van der Waals surface area contributed by atoms with Crippen LogP contribution in [0.15, 0.2) is 30.5 Å². The maximum atomic E-state index is 14.1. The van der Waals surface area contributed by atoms with Gasteiger partial charge in [-0.25, -0.2) is 13.8 Å². The van der Waals surface area contributed by atoms with E-state index >= 15 is 0 Å². The number of nitrogens with zero attached hydrogens (tertiary/aromatic N) is 2. The molecule has 3 atom stereocenters. The molecule has 0 saturated heterocycles. The molecular weight excluding hydrogens is 346 g/mol. The number of hydrogen-bond acceptors (Lipinski definition) is 4. The fraction of sp³-hybridized carbons (Fsp3) is 0.235. The van der Waals surface area contributed by atoms with E-state index in [0.29, 0.717) is 23.1 Å². The summed E-state index contributed by atoms with van der Waals surface area (Å²) in [4.78, 5) is 4.07. The highest BCUT2D eigenvalue weighted by atomic mass is 32.1. The van der Waals surface area contributed by atoms with Crippen molar-refractivity contribution >= 4 is 23.1 Å². The molecule has 126 valence electrons. The van der Waals surface area contributed by atoms with Crippen molar-refractivity contribution in [3.05, 3.63) is 53.2 Å². The predicted octanol–water partition coefficient (Wildman–Crippen LogP) is 2.69. The average Bonchev–Trinajstić information content (AvgIpc) is 3.31. The Hall–Kier alpha value is -2.79. The molecule has 1 unspecified atom stereocenters. The van der Waals surface area contributed by atoms with E-state index in [0.717, 1.165) is 12.1 Å². The van der Waals surface area contributed by atoms with E-state index in [-0.39, 0.29) is 29.2 Å². The van der Waals surface area contributed by atoms with Gasteiger partial charge in [0.2, 0.25) is 0 Å². The molecule has 2 aromatic rings. The van der Waals surface area contributed by atoms with Crippen LogP contribution in [0.1, 0.15) is 17.0 Å². The number of nitriles is 1. The molecule has 25 heavy (non-hydrogen) atoms. The molecule has 1 aliphatic carbocycles. The molecule has 2 heterocycles. The lowest BCUT2D eigenvalue weighted by atomic mass is 10.0. The number of hydrogen-bond donors (Lipinski definition) is 2. The first-order valence-corrected chi connectivity index (χ1v) is 8.03. The number of thiocarbonyl (C=S) groups is 1. The second-order valence-electron chi connectivity index (χ2n) is 5.94. The summed E-state index contributed by atoms with van der Waals surface area (Å²) in [5.74, 6) is -0.663. The Labute approximate surface area is 147 Å². The lowest BCUT2D eigenvalue weighted by Gasteiger charge is -2.16. The first-order valence-electron chi connectivity index (χ1n) is 7.63. The third kappa shape index (κ3) is 2.76. The normalized spacial score (nSPS) is 22.7. The number of benzene rings is 1. The van der Waals surface area contributed by atoms with Crippen LogP contribution in [-0.4, -0.2) is 22.7 Å². The van der Waals surface area contributed by atoms with Gasteiger partial charge in [-0.1, -0.05) is 0 Å². The van der Waals surface area contributed by atoms with Crippen molar-refractivity contribution in [2.45, 2.75) is 12.0 Å². The van der Waals surface area contributed by atoms with Gasteiger partial charge in [-0.3, -0.25) is 0 Å². The molecule has 1 fully saturated rings. The van der Waals surface area contributed by atoms with Crippen molar-refractivity contribution < 1.29 is 13.5 Å². The Balaban J connectivity index is 1.45. The van der Waals surface area contributed by atoms with Crippen molar-refractivity contribution in [1.29, 1.82) is 5.26 Å². The highest BCUT2D eigenvalue weighted by Gasteiger charge is 2.57. The van der Waals surface area contributed by atoms with Crippen LogP contribution in [0, 0.1) is 28.9 Å². The standard InChI is InChI=1S/C17H12F2N4OS/c18-10-2-3-11(19)16-14(10)13-9(7-24-16)15(13)23-17(25)22-12-4-1-8(5-20)6-21-12/h1-4,6,9,13,15H,7H2,(H2,21,22,23,25)/t9-,13-,15?/m0/s1. The van der Waals surface area contributed by atoms with Crippen molar-refractivity contribution in [2.24, 2.45) is 5.92 Å². The van der Waals surface area contributed by atoms with E-state index in [1.807, 2.05) is 6.07 Å². The van der Waals surface area contributed by atoms with Crippen LogP contribution in [0.2, 0.25) is 0 Å². The van der Waals surface area contributed by atoms with E-state index in [4.69, 9.17) is 22.2 Å². The van der Waals surface area contributed by atoms with E-state index in [1.165, 1.54) is 6.20 Å². The Bertz CT molecular complexity index is 897. The maximum absolute atomic E-state index is 14.1. The van der Waals surface area contributed by atoms with Gasteiger partial charge in [0, 0.05) is 29.6 Å². The Morgan fingerprint density at radius 2 is 2.08 bits per heavy atom. The molecule has 0 bridgehead atoms. The van der Waals surface area contributed by atoms with Gasteiger partial charge >= 0.3 is 0 Å². The molecular formula is C17H12F2N4OS. The number of aromatic nitrogens is 1. The average molecular weight is 358 g/mol. The van der Waals surface area contributed by atoms with Crippen LogP contribution in [0.5, 0.6) is 5.75 Å². The molecule has 1 aromatic heterocycles. The van der Waals surface area contributed by atoms with E-state index in [2.05, 4.69) is 15.6 Å². The van der Waals surface area contributed by atoms with Gasteiger partial charge in [-0.2, -0.15) is 5.26 Å². The highest BCUT2D eigenvalue weighted by molar-refractivity contribution is 7.80. The second kappa shape index (κ2) is 5.93. The van der Waals surface area contributed by atoms with E-state index in [9.17, 15) is 8.78 Å². The summed E-state index contributed by atoms with van der Waals surface area (Å²) in [7, 11) is 0. The smallest absolute Gasteiger partial charge is 0.172 e. The van der Waals surface area contributed by atoms with Crippen LogP contribution in [0.3, 0.4) is 0 Å². The van der Waals surface area contributed by atoms with E-state index < -0.39 is 11.6 Å². The van der Waals surface area contributed by atoms with Gasteiger partial charge in [-0.05, 0) is 36.5 Å². The van der Waals surface area contributed by atoms with E-state index in [1.54, 1.807) is 12.1 Å². The third-order valence-corrected chi connectivity index (χ3v) is 4.67. The summed E-state index contributed by atoms with van der Waals surface area (Å²) in [6.45, 7) is 0.313. The molecule has 0 radical (unpaired) electrons. The minimum absolute atomic E-state index is 0.00168. The van der Waals surface area contributed by atoms with Crippen molar-refractivity contribution in [3.63, 3.8) is 0 Å². The number of halogens is 2. The SMILES string of the molecule is N#Cc1ccc(NC(=S)NC2[C@H]3COc4c(F)ccc(F)c4[C@@H]23)nc1. The molecule has 0 amide bonds. The molecule has 0 spiro atoms. The highest BCUT2D eigenvalue weighted by Crippen LogP contribution is 2.55. The summed E-state index contributed by atoms with van der Waals surface area (Å²) in [6.07, 6.45) is 1.43. The molecule has 1 saturated carbocycles. The summed E-state index contributed by atoms with van der Waals surface area (Å²) < 4.78 is 33.3. The van der Waals surface area contributed by atoms with Gasteiger partial charge in [0.1, 0.15) is 17.7 Å². The summed E-state index contributed by atoms with van der Waals surface area (Å²) in [5, 5.41) is 15.1. The Kier molecular flexibility index (Phi) is 3.73. The molecule has 8 heteroatoms. The first kappa shape index (κ1) is 15.7. The molecule has 2 aliphatic rings. The maximum Gasteiger partial charge on any atom is 0.172 e. The van der Waals surface area contributed by atoms with Crippen molar-refractivity contribution in [2.75, 3.05) is 11.9 Å². The number of pyridine rings is 1. The summed E-state index contributed by atoms with van der Waals surface area (Å²) in [6, 6.07) is 7.31. The third-order valence-electron chi connectivity index (χ3n) is 4.45. The van der Waals surface area contributed by atoms with Crippen molar-refractivity contribution in [3.8, 4) is 11.8 Å². The van der Waals surface area contributed by atoms with Gasteiger partial charge in [0.05, 0.1) is 12.2 Å². The Morgan fingerprint density at radius 1 is 1.28 bits per heavy atom. The quantitative estimate of drug-likeness (QED) is 0.805. The number of fused-ring (bicyclic) bond motifs is 3. The number of anilines is 1. The van der Waals surface area contributed by atoms with Crippen LogP contribution in [0.4, 0.5) is 14.6 Å². The number of rotatable bonds is 2. The van der Waals surface area contributed by atoms with Gasteiger partial charge in [0.25, 0.3) is 0 Å². The monoisotopic (exact) mass is 358 g/mol. The van der Waals surface area contributed by atoms with Crippen LogP contribution in [0.25, 0.3) is 0 Å². The zero-order chi connectivity index (χ0) is 17.6. The minimum Gasteiger partial charge on any atom is -0.490 e. The summed E-state index contributed by atoms with van der Waals surface area (Å²) >= 11 is 5.26. The zero-order valence-electron chi connectivity index (χ0n) is 12.8. The lowest BCUT2D eigenvalue weighted by molar-refractivity contribution is 0.260. The topological polar surface area (TPSA) is 70.0 Å². The molecule has 4 rings (SSSR count). The number of nitrogens with one attached hydrogen (secondary N) is 2. The van der Waals surface area contributed by atoms with Crippen LogP contribution < -0.4 is 15.4 Å². The summed E-state index contributed by atoms with van der Waals surface area (Å²) in [5.41, 5.74) is 0.719. The minimum atomic E-state index is -0.553. The van der Waals surface area contributed by atoms with Crippen LogP contribution in [-0.2, 0) is 0 Å². The largest absolute Gasteiger partial charge is 0.490 e. The van der Waals surface area contributed by atoms with Gasteiger partial charge in [-0.15, -0.1) is 0 Å².